The summed E-state index contributed by atoms with van der Waals surface area (Å²) in [6.45, 7) is 8.46. The third-order valence-corrected chi connectivity index (χ3v) is 11.6. The lowest BCUT2D eigenvalue weighted by Crippen LogP contribution is -2.08. The minimum absolute atomic E-state index is 0.0351. The zero-order valence-corrected chi connectivity index (χ0v) is 35.2. The summed E-state index contributed by atoms with van der Waals surface area (Å²) >= 11 is 0. The molecule has 63 heavy (non-hydrogen) atoms. The highest BCUT2D eigenvalue weighted by Crippen LogP contribution is 2.43. The number of nitrogens with zero attached hydrogens (tertiary/aromatic N) is 4. The molecular weight excluding hydrogens is 786 g/mol. The van der Waals surface area contributed by atoms with Gasteiger partial charge in [-0.15, -0.1) is 0 Å². The van der Waals surface area contributed by atoms with Crippen LogP contribution in [0.2, 0.25) is 0 Å². The van der Waals surface area contributed by atoms with Crippen LogP contribution < -0.4 is 0 Å². The van der Waals surface area contributed by atoms with Crippen molar-refractivity contribution in [2.75, 3.05) is 0 Å². The Labute approximate surface area is 364 Å². The van der Waals surface area contributed by atoms with E-state index in [4.69, 9.17) is 15.0 Å². The van der Waals surface area contributed by atoms with Gasteiger partial charge in [-0.25, -0.2) is 15.0 Å². The van der Waals surface area contributed by atoms with E-state index in [1.807, 2.05) is 72.8 Å². The first-order valence-electron chi connectivity index (χ1n) is 20.9. The molecular formula is C56H41F3N4. The van der Waals surface area contributed by atoms with Gasteiger partial charge < -0.3 is 4.57 Å². The standard InChI is InChI=1S/C56H41F3N4/c1-34-25-35(2)28-42(27-34)40-19-23-51-47(31-40)48-32-41(43-29-36(3)26-37(4)30-43)20-24-52(48)63(51)44-21-22-45(46-17-11-12-18-50(46)56(57,58)59)49(33-44)55-61-53(38-13-7-5-8-14-38)60-54(62-55)39-15-9-6-10-16-39/h5-33H,1-4H3. The highest BCUT2D eigenvalue weighted by molar-refractivity contribution is 6.12. The number of halogens is 3. The normalized spacial score (nSPS) is 11.7. The number of fused-ring (bicyclic) bond motifs is 3. The van der Waals surface area contributed by atoms with Crippen LogP contribution in [0.15, 0.2) is 176 Å². The van der Waals surface area contributed by atoms with Gasteiger partial charge in [-0.2, -0.15) is 13.2 Å². The molecule has 0 saturated carbocycles. The van der Waals surface area contributed by atoms with Gasteiger partial charge in [0.15, 0.2) is 17.5 Å². The Morgan fingerprint density at radius 2 is 0.825 bits per heavy atom. The summed E-state index contributed by atoms with van der Waals surface area (Å²) in [7, 11) is 0. The number of hydrogen-bond donors (Lipinski definition) is 0. The average Bonchev–Trinajstić information content (AvgIpc) is 3.61. The summed E-state index contributed by atoms with van der Waals surface area (Å²) in [5, 5.41) is 2.11. The maximum absolute atomic E-state index is 14.8. The molecule has 0 bridgehead atoms. The van der Waals surface area contributed by atoms with Crippen molar-refractivity contribution in [1.29, 1.82) is 0 Å². The maximum atomic E-state index is 14.8. The van der Waals surface area contributed by atoms with Crippen LogP contribution in [0.5, 0.6) is 0 Å². The molecule has 0 atom stereocenters. The molecule has 10 rings (SSSR count). The second-order valence-electron chi connectivity index (χ2n) is 16.4. The summed E-state index contributed by atoms with van der Waals surface area (Å²) in [5.41, 5.74) is 13.5. The molecule has 0 fully saturated rings. The average molecular weight is 827 g/mol. The van der Waals surface area contributed by atoms with E-state index in [-0.39, 0.29) is 11.4 Å². The zero-order valence-electron chi connectivity index (χ0n) is 35.2. The molecule has 0 unspecified atom stereocenters. The molecule has 306 valence electrons. The van der Waals surface area contributed by atoms with Crippen molar-refractivity contribution < 1.29 is 13.2 Å². The van der Waals surface area contributed by atoms with Crippen LogP contribution in [0.3, 0.4) is 0 Å². The van der Waals surface area contributed by atoms with Crippen LogP contribution in [0, 0.1) is 27.7 Å². The van der Waals surface area contributed by atoms with Crippen LogP contribution in [-0.4, -0.2) is 19.5 Å². The van der Waals surface area contributed by atoms with Crippen molar-refractivity contribution >= 4 is 21.8 Å². The van der Waals surface area contributed by atoms with Crippen LogP contribution in [0.25, 0.3) is 95.0 Å². The number of rotatable bonds is 7. The number of aromatic nitrogens is 4. The minimum atomic E-state index is -4.61. The molecule has 0 aliphatic carbocycles. The predicted octanol–water partition coefficient (Wildman–Crippen LogP) is 15.2. The Balaban J connectivity index is 1.27. The van der Waals surface area contributed by atoms with E-state index in [0.717, 1.165) is 66.9 Å². The number of benzene rings is 8. The van der Waals surface area contributed by atoms with E-state index in [9.17, 15) is 13.2 Å². The van der Waals surface area contributed by atoms with E-state index >= 15 is 0 Å². The molecule has 7 heteroatoms. The molecule has 8 aromatic carbocycles. The Hall–Kier alpha value is -7.64. The summed E-state index contributed by atoms with van der Waals surface area (Å²) < 4.78 is 46.7. The van der Waals surface area contributed by atoms with Gasteiger partial charge in [-0.3, -0.25) is 0 Å². The monoisotopic (exact) mass is 826 g/mol. The third kappa shape index (κ3) is 7.56. The SMILES string of the molecule is Cc1cc(C)cc(-c2ccc3c(c2)c2cc(-c4cc(C)cc(C)c4)ccc2n3-c2ccc(-c3ccccc3C(F)(F)F)c(-c3nc(-c4ccccc4)nc(-c4ccccc4)n3)c2)c1. The maximum Gasteiger partial charge on any atom is 0.417 e. The van der Waals surface area contributed by atoms with E-state index < -0.39 is 11.7 Å². The van der Waals surface area contributed by atoms with Gasteiger partial charge in [0.05, 0.1) is 16.6 Å². The highest BCUT2D eigenvalue weighted by atomic mass is 19.4. The molecule has 10 aromatic rings. The summed E-state index contributed by atoms with van der Waals surface area (Å²) in [4.78, 5) is 15.0. The summed E-state index contributed by atoms with van der Waals surface area (Å²) in [6.07, 6.45) is -4.61. The Bertz CT molecular complexity index is 3160. The van der Waals surface area contributed by atoms with E-state index in [0.29, 0.717) is 22.8 Å². The number of alkyl halides is 3. The first-order chi connectivity index (χ1) is 30.5. The van der Waals surface area contributed by atoms with Gasteiger partial charge in [0, 0.05) is 33.2 Å². The van der Waals surface area contributed by atoms with Gasteiger partial charge in [-0.05, 0) is 104 Å². The lowest BCUT2D eigenvalue weighted by Gasteiger charge is -2.18. The Morgan fingerprint density at radius 3 is 1.32 bits per heavy atom. The lowest BCUT2D eigenvalue weighted by molar-refractivity contribution is -0.137. The molecule has 0 aliphatic heterocycles. The molecule has 2 heterocycles. The quantitative estimate of drug-likeness (QED) is 0.161. The van der Waals surface area contributed by atoms with Crippen molar-refractivity contribution in [2.45, 2.75) is 33.9 Å². The van der Waals surface area contributed by atoms with Gasteiger partial charge in [0.1, 0.15) is 0 Å². The molecule has 0 saturated heterocycles. The van der Waals surface area contributed by atoms with Crippen LogP contribution in [0.4, 0.5) is 13.2 Å². The molecule has 0 radical (unpaired) electrons. The predicted molar refractivity (Wildman–Crippen MR) is 251 cm³/mol. The second kappa shape index (κ2) is 15.7. The van der Waals surface area contributed by atoms with E-state index in [2.05, 4.69) is 105 Å². The van der Waals surface area contributed by atoms with E-state index in [1.54, 1.807) is 12.1 Å². The Kier molecular flexibility index (Phi) is 9.83. The topological polar surface area (TPSA) is 43.6 Å². The van der Waals surface area contributed by atoms with Crippen molar-refractivity contribution in [2.24, 2.45) is 0 Å². The molecule has 2 aromatic heterocycles. The minimum Gasteiger partial charge on any atom is -0.309 e. The van der Waals surface area contributed by atoms with Crippen molar-refractivity contribution in [3.8, 4) is 73.2 Å². The summed E-state index contributed by atoms with van der Waals surface area (Å²) in [6, 6.07) is 56.7. The van der Waals surface area contributed by atoms with Gasteiger partial charge in [-0.1, -0.05) is 156 Å². The third-order valence-electron chi connectivity index (χ3n) is 11.6. The molecule has 0 spiro atoms. The number of hydrogen-bond acceptors (Lipinski definition) is 3. The lowest BCUT2D eigenvalue weighted by atomic mass is 9.94. The van der Waals surface area contributed by atoms with Crippen LogP contribution in [0.1, 0.15) is 27.8 Å². The second-order valence-corrected chi connectivity index (χ2v) is 16.4. The highest BCUT2D eigenvalue weighted by Gasteiger charge is 2.34. The first-order valence-corrected chi connectivity index (χ1v) is 20.9. The zero-order chi connectivity index (χ0) is 43.4. The van der Waals surface area contributed by atoms with Crippen molar-refractivity contribution in [3.63, 3.8) is 0 Å². The fraction of sp³-hybridized carbons (Fsp3) is 0.0893. The molecule has 0 amide bonds. The van der Waals surface area contributed by atoms with Crippen LogP contribution in [-0.2, 0) is 6.18 Å². The largest absolute Gasteiger partial charge is 0.417 e. The van der Waals surface area contributed by atoms with Crippen molar-refractivity contribution in [1.82, 2.24) is 19.5 Å². The first kappa shape index (κ1) is 39.5. The van der Waals surface area contributed by atoms with E-state index in [1.165, 1.54) is 34.4 Å². The van der Waals surface area contributed by atoms with Gasteiger partial charge >= 0.3 is 6.18 Å². The van der Waals surface area contributed by atoms with Crippen molar-refractivity contribution in [3.05, 3.63) is 204 Å². The molecule has 4 nitrogen and oxygen atoms in total. The number of aryl methyl sites for hydroxylation is 4. The fourth-order valence-corrected chi connectivity index (χ4v) is 8.93. The molecule has 0 aliphatic rings. The smallest absolute Gasteiger partial charge is 0.309 e. The summed E-state index contributed by atoms with van der Waals surface area (Å²) in [5.74, 6) is 1.08. The molecule has 0 N–H and O–H groups in total. The fourth-order valence-electron chi connectivity index (χ4n) is 8.93. The Morgan fingerprint density at radius 1 is 0.365 bits per heavy atom. The van der Waals surface area contributed by atoms with Gasteiger partial charge in [0.2, 0.25) is 0 Å². The van der Waals surface area contributed by atoms with Gasteiger partial charge in [0.25, 0.3) is 0 Å². The van der Waals surface area contributed by atoms with Crippen LogP contribution >= 0.6 is 0 Å².